The summed E-state index contributed by atoms with van der Waals surface area (Å²) in [5.74, 6) is -4.06. The topological polar surface area (TPSA) is 205 Å². The monoisotopic (exact) mass is 491 g/mol. The van der Waals surface area contributed by atoms with Crippen LogP contribution in [0.5, 0.6) is 0 Å². The van der Waals surface area contributed by atoms with Gasteiger partial charge in [-0.1, -0.05) is 30.3 Å². The van der Waals surface area contributed by atoms with Crippen molar-refractivity contribution in [2.45, 2.75) is 69.3 Å². The SMILES string of the molecule is CC(O)C(NC(=O)C(N)Cc1ccccc1)C(=O)N1CCCC1C(=O)NC(CCC(N)=O)C(=O)O. The first-order chi connectivity index (χ1) is 16.5. The minimum absolute atomic E-state index is 0.186. The second kappa shape index (κ2) is 12.8. The number of rotatable bonds is 12. The number of carbonyl (C=O) groups excluding carboxylic acids is 4. The van der Waals surface area contributed by atoms with Gasteiger partial charge in [-0.05, 0) is 38.2 Å². The zero-order valence-electron chi connectivity index (χ0n) is 19.6. The molecule has 2 rings (SSSR count). The van der Waals surface area contributed by atoms with Gasteiger partial charge in [0.05, 0.1) is 12.1 Å². The summed E-state index contributed by atoms with van der Waals surface area (Å²) < 4.78 is 0. The number of primary amides is 1. The summed E-state index contributed by atoms with van der Waals surface area (Å²) >= 11 is 0. The molecule has 8 N–H and O–H groups in total. The van der Waals surface area contributed by atoms with Gasteiger partial charge in [-0.2, -0.15) is 0 Å². The summed E-state index contributed by atoms with van der Waals surface area (Å²) in [4.78, 5) is 62.3. The number of aliphatic carboxylic acids is 1. The largest absolute Gasteiger partial charge is 0.480 e. The Balaban J connectivity index is 2.06. The highest BCUT2D eigenvalue weighted by Crippen LogP contribution is 2.20. The molecule has 192 valence electrons. The molecule has 0 radical (unpaired) electrons. The molecule has 1 aromatic carbocycles. The van der Waals surface area contributed by atoms with E-state index in [9.17, 15) is 34.2 Å². The van der Waals surface area contributed by atoms with Crippen LogP contribution in [0, 0.1) is 0 Å². The molecule has 12 heteroatoms. The quantitative estimate of drug-likeness (QED) is 0.197. The van der Waals surface area contributed by atoms with Crippen LogP contribution in [0.25, 0.3) is 0 Å². The van der Waals surface area contributed by atoms with Gasteiger partial charge in [-0.15, -0.1) is 0 Å². The van der Waals surface area contributed by atoms with Gasteiger partial charge < -0.3 is 37.2 Å². The maximum atomic E-state index is 13.2. The molecule has 1 aromatic rings. The van der Waals surface area contributed by atoms with Gasteiger partial charge in [-0.25, -0.2) is 4.79 Å². The normalized spacial score (nSPS) is 18.7. The van der Waals surface area contributed by atoms with Crippen LogP contribution in [0.15, 0.2) is 30.3 Å². The van der Waals surface area contributed by atoms with Gasteiger partial charge in [-0.3, -0.25) is 19.2 Å². The maximum Gasteiger partial charge on any atom is 0.326 e. The van der Waals surface area contributed by atoms with Gasteiger partial charge in [0, 0.05) is 13.0 Å². The number of nitrogens with one attached hydrogen (secondary N) is 2. The third-order valence-corrected chi connectivity index (χ3v) is 5.81. The molecule has 4 amide bonds. The standard InChI is InChI=1S/C23H33N5O7/c1-13(29)19(27-20(31)15(24)12-14-6-3-2-4-7-14)22(33)28-11-5-8-17(28)21(32)26-16(23(34)35)9-10-18(25)30/h2-4,6-7,13,15-17,19,29H,5,8-12,24H2,1H3,(H2,25,30)(H,26,32)(H,27,31)(H,34,35). The van der Waals surface area contributed by atoms with Gasteiger partial charge in [0.25, 0.3) is 0 Å². The lowest BCUT2D eigenvalue weighted by Crippen LogP contribution is -2.59. The number of amides is 4. The first kappa shape index (κ1) is 27.7. The first-order valence-electron chi connectivity index (χ1n) is 11.4. The Kier molecular flexibility index (Phi) is 10.2. The summed E-state index contributed by atoms with van der Waals surface area (Å²) in [5.41, 5.74) is 11.9. The van der Waals surface area contributed by atoms with Gasteiger partial charge in [0.15, 0.2) is 0 Å². The Hall–Kier alpha value is -3.51. The zero-order chi connectivity index (χ0) is 26.1. The number of carbonyl (C=O) groups is 5. The molecule has 5 unspecified atom stereocenters. The fourth-order valence-corrected chi connectivity index (χ4v) is 3.90. The van der Waals surface area contributed by atoms with Crippen LogP contribution in [-0.2, 0) is 30.4 Å². The summed E-state index contributed by atoms with van der Waals surface area (Å²) in [7, 11) is 0. The van der Waals surface area contributed by atoms with E-state index in [2.05, 4.69) is 10.6 Å². The van der Waals surface area contributed by atoms with E-state index in [-0.39, 0.29) is 32.2 Å². The fourth-order valence-electron chi connectivity index (χ4n) is 3.90. The average Bonchev–Trinajstić information content (AvgIpc) is 3.29. The lowest BCUT2D eigenvalue weighted by atomic mass is 10.0. The Morgan fingerprint density at radius 2 is 1.80 bits per heavy atom. The third-order valence-electron chi connectivity index (χ3n) is 5.81. The van der Waals surface area contributed by atoms with E-state index >= 15 is 0 Å². The molecule has 1 aliphatic heterocycles. The molecule has 0 saturated carbocycles. The van der Waals surface area contributed by atoms with Crippen LogP contribution in [0.2, 0.25) is 0 Å². The van der Waals surface area contributed by atoms with Gasteiger partial charge in [0.2, 0.25) is 23.6 Å². The van der Waals surface area contributed by atoms with Crippen LogP contribution in [-0.4, -0.2) is 81.5 Å². The van der Waals surface area contributed by atoms with E-state index in [1.54, 1.807) is 0 Å². The molecule has 0 bridgehead atoms. The molecule has 1 fully saturated rings. The Bertz CT molecular complexity index is 924. The Morgan fingerprint density at radius 3 is 2.37 bits per heavy atom. The van der Waals surface area contributed by atoms with E-state index in [0.717, 1.165) is 5.56 Å². The molecular weight excluding hydrogens is 458 g/mol. The summed E-state index contributed by atoms with van der Waals surface area (Å²) in [6, 6.07) is 4.42. The summed E-state index contributed by atoms with van der Waals surface area (Å²) in [6.45, 7) is 1.52. The van der Waals surface area contributed by atoms with Crippen molar-refractivity contribution < 1.29 is 34.2 Å². The first-order valence-corrected chi connectivity index (χ1v) is 11.4. The zero-order valence-corrected chi connectivity index (χ0v) is 19.6. The number of nitrogens with two attached hydrogens (primary N) is 2. The smallest absolute Gasteiger partial charge is 0.326 e. The lowest BCUT2D eigenvalue weighted by molar-refractivity contribution is -0.146. The molecule has 1 heterocycles. The fraction of sp³-hybridized carbons (Fsp3) is 0.522. The second-order valence-corrected chi connectivity index (χ2v) is 8.62. The minimum Gasteiger partial charge on any atom is -0.480 e. The van der Waals surface area contributed by atoms with Crippen LogP contribution < -0.4 is 22.1 Å². The summed E-state index contributed by atoms with van der Waals surface area (Å²) in [5, 5.41) is 24.4. The van der Waals surface area contributed by atoms with Gasteiger partial charge in [0.1, 0.15) is 18.1 Å². The van der Waals surface area contributed by atoms with E-state index in [0.29, 0.717) is 6.42 Å². The molecule has 12 nitrogen and oxygen atoms in total. The molecule has 5 atom stereocenters. The van der Waals surface area contributed by atoms with Crippen molar-refractivity contribution in [3.63, 3.8) is 0 Å². The van der Waals surface area contributed by atoms with Crippen LogP contribution >= 0.6 is 0 Å². The van der Waals surface area contributed by atoms with Crippen LogP contribution in [0.1, 0.15) is 38.2 Å². The van der Waals surface area contributed by atoms with Crippen LogP contribution in [0.4, 0.5) is 0 Å². The van der Waals surface area contributed by atoms with E-state index in [1.165, 1.54) is 11.8 Å². The minimum atomic E-state index is -1.35. The molecule has 0 aliphatic carbocycles. The van der Waals surface area contributed by atoms with Crippen molar-refractivity contribution in [3.05, 3.63) is 35.9 Å². The van der Waals surface area contributed by atoms with E-state index in [4.69, 9.17) is 11.5 Å². The Morgan fingerprint density at radius 1 is 1.14 bits per heavy atom. The van der Waals surface area contributed by atoms with E-state index < -0.39 is 59.9 Å². The van der Waals surface area contributed by atoms with Crippen molar-refractivity contribution >= 4 is 29.6 Å². The number of hydrogen-bond donors (Lipinski definition) is 6. The predicted molar refractivity (Wildman–Crippen MR) is 124 cm³/mol. The number of benzene rings is 1. The lowest BCUT2D eigenvalue weighted by Gasteiger charge is -2.31. The van der Waals surface area contributed by atoms with Crippen molar-refractivity contribution in [3.8, 4) is 0 Å². The average molecular weight is 492 g/mol. The molecule has 0 spiro atoms. The number of nitrogens with zero attached hydrogens (tertiary/aromatic N) is 1. The molecule has 35 heavy (non-hydrogen) atoms. The number of carboxylic acids is 1. The van der Waals surface area contributed by atoms with E-state index in [1.807, 2.05) is 30.3 Å². The van der Waals surface area contributed by atoms with Gasteiger partial charge >= 0.3 is 5.97 Å². The number of aliphatic hydroxyl groups excluding tert-OH is 1. The third kappa shape index (κ3) is 8.04. The number of likely N-dealkylation sites (tertiary alicyclic amines) is 1. The molecular formula is C23H33N5O7. The summed E-state index contributed by atoms with van der Waals surface area (Å²) in [6.07, 6.45) is -0.733. The second-order valence-electron chi connectivity index (χ2n) is 8.62. The Labute approximate surface area is 203 Å². The number of hydrogen-bond acceptors (Lipinski definition) is 7. The predicted octanol–water partition coefficient (Wildman–Crippen LogP) is -1.75. The van der Waals surface area contributed by atoms with Crippen molar-refractivity contribution in [1.82, 2.24) is 15.5 Å². The number of carboxylic acid groups (broad SMARTS) is 1. The van der Waals surface area contributed by atoms with Crippen molar-refractivity contribution in [2.24, 2.45) is 11.5 Å². The maximum absolute atomic E-state index is 13.2. The molecule has 1 aliphatic rings. The molecule has 0 aromatic heterocycles. The highest BCUT2D eigenvalue weighted by molar-refractivity contribution is 5.95. The highest BCUT2D eigenvalue weighted by atomic mass is 16.4. The highest BCUT2D eigenvalue weighted by Gasteiger charge is 2.40. The number of aliphatic hydroxyl groups is 1. The van der Waals surface area contributed by atoms with Crippen molar-refractivity contribution in [1.29, 1.82) is 0 Å². The van der Waals surface area contributed by atoms with Crippen LogP contribution in [0.3, 0.4) is 0 Å². The van der Waals surface area contributed by atoms with Crippen molar-refractivity contribution in [2.75, 3.05) is 6.54 Å². The molecule has 1 saturated heterocycles.